The van der Waals surface area contributed by atoms with E-state index in [1.54, 1.807) is 6.07 Å². The normalized spacial score (nSPS) is 9.81. The zero-order valence-electron chi connectivity index (χ0n) is 8.93. The quantitative estimate of drug-likeness (QED) is 0.592. The number of carbonyl (C=O) groups excluding carboxylic acids is 2. The van der Waals surface area contributed by atoms with Gasteiger partial charge in [0.2, 0.25) is 5.91 Å². The molecule has 1 rings (SSSR count). The van der Waals surface area contributed by atoms with Gasteiger partial charge in [-0.3, -0.25) is 9.59 Å². The number of carbonyl (C=O) groups is 2. The lowest BCUT2D eigenvalue weighted by Crippen LogP contribution is -2.35. The minimum Gasteiger partial charge on any atom is -0.399 e. The Hall–Kier alpha value is -2.24. The van der Waals surface area contributed by atoms with Gasteiger partial charge in [0.25, 0.3) is 5.91 Å². The third-order valence-corrected chi connectivity index (χ3v) is 2.05. The van der Waals surface area contributed by atoms with E-state index >= 15 is 0 Å². The SMILES string of the molecule is CN(CC(N)=O)C(=O)c1ccc(N)cc1N. The topological polar surface area (TPSA) is 115 Å². The van der Waals surface area contributed by atoms with Crippen LogP contribution in [-0.2, 0) is 4.79 Å². The maximum Gasteiger partial charge on any atom is 0.256 e. The number of primary amides is 1. The number of nitrogen functional groups attached to an aromatic ring is 2. The molecule has 0 atom stereocenters. The first-order valence-corrected chi connectivity index (χ1v) is 4.60. The van der Waals surface area contributed by atoms with E-state index in [9.17, 15) is 9.59 Å². The van der Waals surface area contributed by atoms with Crippen LogP contribution in [0.25, 0.3) is 0 Å². The monoisotopic (exact) mass is 222 g/mol. The molecule has 0 radical (unpaired) electrons. The van der Waals surface area contributed by atoms with Crippen molar-refractivity contribution in [1.82, 2.24) is 4.90 Å². The average Bonchev–Trinajstić information content (AvgIpc) is 2.15. The molecule has 0 aliphatic rings. The van der Waals surface area contributed by atoms with Crippen LogP contribution in [0.15, 0.2) is 18.2 Å². The van der Waals surface area contributed by atoms with Gasteiger partial charge in [0, 0.05) is 18.4 Å². The highest BCUT2D eigenvalue weighted by Gasteiger charge is 2.15. The number of benzene rings is 1. The number of rotatable bonds is 3. The van der Waals surface area contributed by atoms with Crippen LogP contribution >= 0.6 is 0 Å². The Balaban J connectivity index is 2.92. The van der Waals surface area contributed by atoms with Crippen LogP contribution in [-0.4, -0.2) is 30.3 Å². The second-order valence-corrected chi connectivity index (χ2v) is 3.47. The zero-order chi connectivity index (χ0) is 12.3. The van der Waals surface area contributed by atoms with E-state index in [0.29, 0.717) is 11.3 Å². The van der Waals surface area contributed by atoms with Crippen LogP contribution in [0.2, 0.25) is 0 Å². The molecule has 0 fully saturated rings. The fourth-order valence-electron chi connectivity index (χ4n) is 1.29. The molecule has 6 nitrogen and oxygen atoms in total. The van der Waals surface area contributed by atoms with Crippen molar-refractivity contribution < 1.29 is 9.59 Å². The van der Waals surface area contributed by atoms with Gasteiger partial charge in [-0.1, -0.05) is 0 Å². The van der Waals surface area contributed by atoms with Gasteiger partial charge in [0.05, 0.1) is 12.1 Å². The Labute approximate surface area is 93.0 Å². The Morgan fingerprint density at radius 3 is 2.44 bits per heavy atom. The lowest BCUT2D eigenvalue weighted by atomic mass is 10.1. The van der Waals surface area contributed by atoms with Gasteiger partial charge < -0.3 is 22.1 Å². The van der Waals surface area contributed by atoms with Gasteiger partial charge >= 0.3 is 0 Å². The maximum atomic E-state index is 11.8. The number of likely N-dealkylation sites (N-methyl/N-ethyl adjacent to an activating group) is 1. The van der Waals surface area contributed by atoms with Crippen molar-refractivity contribution in [3.63, 3.8) is 0 Å². The predicted molar refractivity (Wildman–Crippen MR) is 61.4 cm³/mol. The summed E-state index contributed by atoms with van der Waals surface area (Å²) < 4.78 is 0. The standard InChI is InChI=1S/C10H14N4O2/c1-14(5-9(13)15)10(16)7-3-2-6(11)4-8(7)12/h2-4H,5,11-12H2,1H3,(H2,13,15). The summed E-state index contributed by atoms with van der Waals surface area (Å²) in [6, 6.07) is 4.58. The summed E-state index contributed by atoms with van der Waals surface area (Å²) in [5.74, 6) is -0.943. The van der Waals surface area contributed by atoms with Crippen molar-refractivity contribution >= 4 is 23.2 Å². The predicted octanol–water partition coefficient (Wildman–Crippen LogP) is -0.592. The van der Waals surface area contributed by atoms with Gasteiger partial charge in [-0.15, -0.1) is 0 Å². The Morgan fingerprint density at radius 2 is 1.94 bits per heavy atom. The smallest absolute Gasteiger partial charge is 0.256 e. The molecule has 0 saturated heterocycles. The summed E-state index contributed by atoms with van der Waals surface area (Å²) in [5, 5.41) is 0. The number of nitrogens with zero attached hydrogens (tertiary/aromatic N) is 1. The summed E-state index contributed by atoms with van der Waals surface area (Å²) in [7, 11) is 1.48. The number of anilines is 2. The van der Waals surface area contributed by atoms with Crippen molar-refractivity contribution in [2.24, 2.45) is 5.73 Å². The first kappa shape index (κ1) is 11.8. The van der Waals surface area contributed by atoms with Gasteiger partial charge in [-0.2, -0.15) is 0 Å². The molecule has 16 heavy (non-hydrogen) atoms. The number of nitrogens with two attached hydrogens (primary N) is 3. The second kappa shape index (κ2) is 4.52. The fourth-order valence-corrected chi connectivity index (χ4v) is 1.29. The summed E-state index contributed by atoms with van der Waals surface area (Å²) in [6.07, 6.45) is 0. The highest BCUT2D eigenvalue weighted by Crippen LogP contribution is 2.16. The molecule has 0 saturated carbocycles. The minimum atomic E-state index is -0.579. The Kier molecular flexibility index (Phi) is 3.34. The third kappa shape index (κ3) is 2.63. The Bertz CT molecular complexity index is 431. The van der Waals surface area contributed by atoms with E-state index in [0.717, 1.165) is 0 Å². The lowest BCUT2D eigenvalue weighted by molar-refractivity contribution is -0.118. The van der Waals surface area contributed by atoms with E-state index in [4.69, 9.17) is 17.2 Å². The minimum absolute atomic E-state index is 0.150. The third-order valence-electron chi connectivity index (χ3n) is 2.05. The zero-order valence-corrected chi connectivity index (χ0v) is 8.93. The van der Waals surface area contributed by atoms with Gasteiger partial charge in [-0.05, 0) is 18.2 Å². The highest BCUT2D eigenvalue weighted by molar-refractivity contribution is 6.00. The molecular formula is C10H14N4O2. The molecule has 0 spiro atoms. The molecule has 0 bridgehead atoms. The molecule has 1 aromatic rings. The Morgan fingerprint density at radius 1 is 1.31 bits per heavy atom. The van der Waals surface area contributed by atoms with Crippen LogP contribution in [0, 0.1) is 0 Å². The van der Waals surface area contributed by atoms with Crippen molar-refractivity contribution in [3.05, 3.63) is 23.8 Å². The first-order valence-electron chi connectivity index (χ1n) is 4.60. The summed E-state index contributed by atoms with van der Waals surface area (Å²) in [4.78, 5) is 23.7. The average molecular weight is 222 g/mol. The molecule has 1 aromatic carbocycles. The fraction of sp³-hybridized carbons (Fsp3) is 0.200. The molecule has 6 heteroatoms. The van der Waals surface area contributed by atoms with Gasteiger partial charge in [-0.25, -0.2) is 0 Å². The van der Waals surface area contributed by atoms with Crippen molar-refractivity contribution in [3.8, 4) is 0 Å². The van der Waals surface area contributed by atoms with Crippen molar-refractivity contribution in [2.45, 2.75) is 0 Å². The van der Waals surface area contributed by atoms with Crippen LogP contribution < -0.4 is 17.2 Å². The van der Waals surface area contributed by atoms with E-state index < -0.39 is 5.91 Å². The van der Waals surface area contributed by atoms with E-state index in [1.807, 2.05) is 0 Å². The van der Waals surface area contributed by atoms with E-state index in [1.165, 1.54) is 24.1 Å². The van der Waals surface area contributed by atoms with Crippen molar-refractivity contribution in [2.75, 3.05) is 25.1 Å². The van der Waals surface area contributed by atoms with Gasteiger partial charge in [0.15, 0.2) is 0 Å². The first-order chi connectivity index (χ1) is 7.41. The summed E-state index contributed by atoms with van der Waals surface area (Å²) >= 11 is 0. The molecule has 6 N–H and O–H groups in total. The van der Waals surface area contributed by atoms with Crippen LogP contribution in [0.3, 0.4) is 0 Å². The van der Waals surface area contributed by atoms with Crippen LogP contribution in [0.5, 0.6) is 0 Å². The molecule has 2 amide bonds. The second-order valence-electron chi connectivity index (χ2n) is 3.47. The van der Waals surface area contributed by atoms with Crippen molar-refractivity contribution in [1.29, 1.82) is 0 Å². The molecular weight excluding hydrogens is 208 g/mol. The highest BCUT2D eigenvalue weighted by atomic mass is 16.2. The molecule has 86 valence electrons. The molecule has 0 aromatic heterocycles. The van der Waals surface area contributed by atoms with Crippen LogP contribution in [0.4, 0.5) is 11.4 Å². The molecule has 0 aliphatic carbocycles. The van der Waals surface area contributed by atoms with E-state index in [-0.39, 0.29) is 18.1 Å². The van der Waals surface area contributed by atoms with E-state index in [2.05, 4.69) is 0 Å². The molecule has 0 unspecified atom stereocenters. The largest absolute Gasteiger partial charge is 0.399 e. The van der Waals surface area contributed by atoms with Gasteiger partial charge in [0.1, 0.15) is 0 Å². The number of amides is 2. The summed E-state index contributed by atoms with van der Waals surface area (Å²) in [5.41, 5.74) is 17.2. The van der Waals surface area contributed by atoms with Crippen LogP contribution in [0.1, 0.15) is 10.4 Å². The maximum absolute atomic E-state index is 11.8. The lowest BCUT2D eigenvalue weighted by Gasteiger charge is -2.16. The molecule has 0 heterocycles. The number of hydrogen-bond donors (Lipinski definition) is 3. The summed E-state index contributed by atoms with van der Waals surface area (Å²) in [6.45, 7) is -0.150. The number of hydrogen-bond acceptors (Lipinski definition) is 4. The molecule has 0 aliphatic heterocycles.